The van der Waals surface area contributed by atoms with Gasteiger partial charge in [0.2, 0.25) is 11.7 Å². The van der Waals surface area contributed by atoms with Crippen LogP contribution in [0.15, 0.2) is 53.7 Å². The van der Waals surface area contributed by atoms with Crippen molar-refractivity contribution in [2.45, 2.75) is 39.9 Å². The SMILES string of the molecule is CC(=O)N(C(=O)OC(C)(C)C)c1cccc(CO/N=C(/c2ccccc2)c2nnnn2C)n1. The van der Waals surface area contributed by atoms with Gasteiger partial charge < -0.3 is 9.57 Å². The lowest BCUT2D eigenvalue weighted by Crippen LogP contribution is -2.40. The summed E-state index contributed by atoms with van der Waals surface area (Å²) in [7, 11) is 1.70. The van der Waals surface area contributed by atoms with Crippen LogP contribution in [0.3, 0.4) is 0 Å². The van der Waals surface area contributed by atoms with E-state index in [1.165, 1.54) is 11.6 Å². The van der Waals surface area contributed by atoms with E-state index in [1.54, 1.807) is 46.0 Å². The van der Waals surface area contributed by atoms with E-state index in [2.05, 4.69) is 25.7 Å². The molecule has 0 N–H and O–H groups in total. The molecule has 11 nitrogen and oxygen atoms in total. The van der Waals surface area contributed by atoms with E-state index < -0.39 is 17.6 Å². The number of oxime groups is 1. The predicted octanol–water partition coefficient (Wildman–Crippen LogP) is 2.86. The number of tetrazole rings is 1. The van der Waals surface area contributed by atoms with Crippen LogP contribution in [0.25, 0.3) is 0 Å². The Bertz CT molecular complexity index is 1150. The molecule has 2 amide bonds. The number of aromatic nitrogens is 5. The first-order valence-electron chi connectivity index (χ1n) is 10.1. The molecule has 172 valence electrons. The zero-order chi connectivity index (χ0) is 24.0. The highest BCUT2D eigenvalue weighted by Gasteiger charge is 2.27. The first-order chi connectivity index (χ1) is 15.7. The Morgan fingerprint density at radius 1 is 1.09 bits per heavy atom. The topological polar surface area (TPSA) is 125 Å². The first-order valence-corrected chi connectivity index (χ1v) is 10.1. The minimum absolute atomic E-state index is 0.0183. The highest BCUT2D eigenvalue weighted by atomic mass is 16.6. The van der Waals surface area contributed by atoms with Crippen molar-refractivity contribution < 1.29 is 19.2 Å². The summed E-state index contributed by atoms with van der Waals surface area (Å²) in [5, 5.41) is 15.7. The normalized spacial score (nSPS) is 11.7. The van der Waals surface area contributed by atoms with Crippen LogP contribution in [0.5, 0.6) is 0 Å². The lowest BCUT2D eigenvalue weighted by Gasteiger charge is -2.24. The number of carbonyl (C=O) groups excluding carboxylic acids is 2. The molecule has 0 bridgehead atoms. The third-order valence-corrected chi connectivity index (χ3v) is 4.16. The molecule has 33 heavy (non-hydrogen) atoms. The molecule has 3 aromatic rings. The van der Waals surface area contributed by atoms with Gasteiger partial charge in [0, 0.05) is 19.5 Å². The summed E-state index contributed by atoms with van der Waals surface area (Å²) in [6.45, 7) is 6.40. The predicted molar refractivity (Wildman–Crippen MR) is 119 cm³/mol. The number of benzene rings is 1. The Hall–Kier alpha value is -4.15. The molecule has 0 aliphatic heterocycles. The number of amides is 2. The fourth-order valence-corrected chi connectivity index (χ4v) is 2.77. The van der Waals surface area contributed by atoms with Crippen molar-refractivity contribution in [3.05, 3.63) is 65.6 Å². The van der Waals surface area contributed by atoms with Gasteiger partial charge in [-0.1, -0.05) is 41.6 Å². The quantitative estimate of drug-likeness (QED) is 0.414. The van der Waals surface area contributed by atoms with Crippen LogP contribution in [-0.2, 0) is 28.0 Å². The van der Waals surface area contributed by atoms with Crippen molar-refractivity contribution in [2.24, 2.45) is 12.2 Å². The molecule has 0 saturated heterocycles. The number of hydrogen-bond donors (Lipinski definition) is 0. The second-order valence-electron chi connectivity index (χ2n) is 8.03. The van der Waals surface area contributed by atoms with Crippen molar-refractivity contribution in [1.29, 1.82) is 0 Å². The van der Waals surface area contributed by atoms with Gasteiger partial charge in [-0.3, -0.25) is 4.79 Å². The standard InChI is InChI=1S/C22H25N7O4/c1-15(30)29(21(31)33-22(2,3)4)18-13-9-12-17(23-18)14-32-25-19(16-10-7-6-8-11-16)20-24-26-27-28(20)5/h6-13H,14H2,1-5H3/b25-19-. The minimum atomic E-state index is -0.806. The molecule has 2 heterocycles. The third-order valence-electron chi connectivity index (χ3n) is 4.16. The third kappa shape index (κ3) is 6.19. The maximum absolute atomic E-state index is 12.5. The molecule has 3 rings (SSSR count). The number of imide groups is 1. The van der Waals surface area contributed by atoms with Crippen molar-refractivity contribution in [3.63, 3.8) is 0 Å². The van der Waals surface area contributed by atoms with Crippen LogP contribution >= 0.6 is 0 Å². The Labute approximate surface area is 191 Å². The van der Waals surface area contributed by atoms with Gasteiger partial charge in [0.15, 0.2) is 12.3 Å². The number of pyridine rings is 1. The fraction of sp³-hybridized carbons (Fsp3) is 0.318. The van der Waals surface area contributed by atoms with E-state index in [0.29, 0.717) is 17.2 Å². The molecular weight excluding hydrogens is 426 g/mol. The van der Waals surface area contributed by atoms with Gasteiger partial charge in [-0.25, -0.2) is 14.5 Å². The number of rotatable bonds is 6. The molecule has 2 aromatic heterocycles. The van der Waals surface area contributed by atoms with E-state index in [1.807, 2.05) is 30.3 Å². The van der Waals surface area contributed by atoms with Crippen LogP contribution in [0.4, 0.5) is 10.6 Å². The van der Waals surface area contributed by atoms with Gasteiger partial charge in [0.25, 0.3) is 0 Å². The highest BCUT2D eigenvalue weighted by molar-refractivity contribution is 6.11. The summed E-state index contributed by atoms with van der Waals surface area (Å²) in [4.78, 5) is 35.4. The molecule has 0 atom stereocenters. The van der Waals surface area contributed by atoms with Crippen LogP contribution in [0.2, 0.25) is 0 Å². The van der Waals surface area contributed by atoms with Gasteiger partial charge in [-0.2, -0.15) is 4.90 Å². The highest BCUT2D eigenvalue weighted by Crippen LogP contribution is 2.18. The Morgan fingerprint density at radius 2 is 1.82 bits per heavy atom. The smallest absolute Gasteiger partial charge is 0.422 e. The summed E-state index contributed by atoms with van der Waals surface area (Å²) in [5.41, 5.74) is 0.903. The summed E-state index contributed by atoms with van der Waals surface area (Å²) < 4.78 is 6.81. The number of carbonyl (C=O) groups is 2. The summed E-state index contributed by atoms with van der Waals surface area (Å²) in [6.07, 6.45) is -0.806. The summed E-state index contributed by atoms with van der Waals surface area (Å²) in [5.74, 6) is 0.0344. The van der Waals surface area contributed by atoms with E-state index >= 15 is 0 Å². The van der Waals surface area contributed by atoms with Gasteiger partial charge in [0.1, 0.15) is 11.4 Å². The number of nitrogens with zero attached hydrogens (tertiary/aromatic N) is 7. The molecule has 0 unspecified atom stereocenters. The molecule has 0 radical (unpaired) electrons. The van der Waals surface area contributed by atoms with Crippen LogP contribution in [0, 0.1) is 0 Å². The molecule has 0 fully saturated rings. The molecule has 1 aromatic carbocycles. The van der Waals surface area contributed by atoms with Crippen molar-refractivity contribution in [3.8, 4) is 0 Å². The molecule has 0 saturated carbocycles. The van der Waals surface area contributed by atoms with Crippen molar-refractivity contribution in [2.75, 3.05) is 4.90 Å². The van der Waals surface area contributed by atoms with Gasteiger partial charge in [-0.05, 0) is 43.3 Å². The maximum Gasteiger partial charge on any atom is 0.422 e. The van der Waals surface area contributed by atoms with Gasteiger partial charge in [-0.15, -0.1) is 5.10 Å². The second kappa shape index (κ2) is 9.98. The van der Waals surface area contributed by atoms with Crippen LogP contribution in [0.1, 0.15) is 44.8 Å². The summed E-state index contributed by atoms with van der Waals surface area (Å²) in [6, 6.07) is 14.2. The average Bonchev–Trinajstić information content (AvgIpc) is 3.16. The zero-order valence-electron chi connectivity index (χ0n) is 19.1. The van der Waals surface area contributed by atoms with Gasteiger partial charge in [0.05, 0.1) is 5.69 Å². The second-order valence-corrected chi connectivity index (χ2v) is 8.03. The molecule has 0 aliphatic rings. The van der Waals surface area contributed by atoms with Crippen LogP contribution in [-0.4, -0.2) is 48.5 Å². The van der Waals surface area contributed by atoms with E-state index in [0.717, 1.165) is 10.5 Å². The number of anilines is 1. The Morgan fingerprint density at radius 3 is 2.42 bits per heavy atom. The number of aryl methyl sites for hydroxylation is 1. The van der Waals surface area contributed by atoms with Gasteiger partial charge >= 0.3 is 6.09 Å². The molecular formula is C22H25N7O4. The molecule has 0 spiro atoms. The van der Waals surface area contributed by atoms with Crippen molar-refractivity contribution >= 4 is 23.5 Å². The Kier molecular flexibility index (Phi) is 7.11. The van der Waals surface area contributed by atoms with E-state index in [-0.39, 0.29) is 12.4 Å². The molecule has 0 aliphatic carbocycles. The number of ether oxygens (including phenoxy) is 1. The van der Waals surface area contributed by atoms with Crippen molar-refractivity contribution in [1.82, 2.24) is 25.2 Å². The van der Waals surface area contributed by atoms with E-state index in [4.69, 9.17) is 9.57 Å². The number of hydrogen-bond acceptors (Lipinski definition) is 9. The van der Waals surface area contributed by atoms with Crippen LogP contribution < -0.4 is 4.90 Å². The fourth-order valence-electron chi connectivity index (χ4n) is 2.77. The largest absolute Gasteiger partial charge is 0.443 e. The summed E-state index contributed by atoms with van der Waals surface area (Å²) >= 11 is 0. The first kappa shape index (κ1) is 23.5. The monoisotopic (exact) mass is 451 g/mol. The lowest BCUT2D eigenvalue weighted by molar-refractivity contribution is -0.116. The zero-order valence-corrected chi connectivity index (χ0v) is 19.1. The minimum Gasteiger partial charge on any atom is -0.443 e. The maximum atomic E-state index is 12.5. The molecule has 11 heteroatoms. The average molecular weight is 451 g/mol. The van der Waals surface area contributed by atoms with E-state index in [9.17, 15) is 9.59 Å². The lowest BCUT2D eigenvalue weighted by atomic mass is 10.1. The Balaban J connectivity index is 1.82.